The number of sulfonamides is 1. The molecule has 0 saturated carbocycles. The maximum Gasteiger partial charge on any atom is 0.232 e. The number of aromatic amines is 1. The van der Waals surface area contributed by atoms with Crippen molar-refractivity contribution in [3.05, 3.63) is 48.5 Å². The Labute approximate surface area is 142 Å². The van der Waals surface area contributed by atoms with E-state index in [-0.39, 0.29) is 11.8 Å². The van der Waals surface area contributed by atoms with Gasteiger partial charge < -0.3 is 9.72 Å². The van der Waals surface area contributed by atoms with Crippen molar-refractivity contribution in [3.8, 4) is 0 Å². The second-order valence-corrected chi connectivity index (χ2v) is 7.59. The highest BCUT2D eigenvalue weighted by atomic mass is 32.2. The van der Waals surface area contributed by atoms with Crippen LogP contribution in [0.4, 0.5) is 5.69 Å². The van der Waals surface area contributed by atoms with Crippen molar-refractivity contribution < 1.29 is 13.2 Å². The van der Waals surface area contributed by atoms with Crippen molar-refractivity contribution in [1.82, 2.24) is 9.97 Å². The summed E-state index contributed by atoms with van der Waals surface area (Å²) in [6, 6.07) is 9.00. The molecule has 6 nitrogen and oxygen atoms in total. The van der Waals surface area contributed by atoms with E-state index in [4.69, 9.17) is 4.74 Å². The lowest BCUT2D eigenvalue weighted by Crippen LogP contribution is -2.33. The number of benzene rings is 1. The average Bonchev–Trinajstić information content (AvgIpc) is 3.04. The maximum atomic E-state index is 11.9. The van der Waals surface area contributed by atoms with Crippen molar-refractivity contribution in [2.75, 3.05) is 30.3 Å². The molecule has 1 aromatic heterocycles. The first kappa shape index (κ1) is 17.8. The zero-order valence-corrected chi connectivity index (χ0v) is 14.6. The fourth-order valence-electron chi connectivity index (χ4n) is 2.12. The zero-order valence-electron chi connectivity index (χ0n) is 12.9. The molecule has 1 N–H and O–H groups in total. The summed E-state index contributed by atoms with van der Waals surface area (Å²) in [4.78, 5) is 7.15. The predicted octanol–water partition coefficient (Wildman–Crippen LogP) is 2.25. The van der Waals surface area contributed by atoms with Crippen LogP contribution in [0.15, 0.2) is 42.7 Å². The molecule has 0 aliphatic heterocycles. The summed E-state index contributed by atoms with van der Waals surface area (Å²) in [7, 11) is -3.33. The monoisotopic (exact) mass is 355 g/mol. The molecule has 1 unspecified atom stereocenters. The number of para-hydroxylation sites is 1. The fraction of sp³-hybridized carbons (Fsp3) is 0.400. The van der Waals surface area contributed by atoms with Gasteiger partial charge in [0.15, 0.2) is 0 Å². The second kappa shape index (κ2) is 8.37. The molecule has 0 saturated heterocycles. The molecule has 0 spiro atoms. The van der Waals surface area contributed by atoms with Crippen molar-refractivity contribution in [1.29, 1.82) is 0 Å². The number of H-pyrrole nitrogens is 1. The number of aromatic nitrogens is 2. The van der Waals surface area contributed by atoms with Gasteiger partial charge >= 0.3 is 0 Å². The SMILES string of the molecule is CS(=O)(=O)N(CCOCCC(S)c1ncc[nH]1)c1ccccc1. The standard InChI is InChI=1S/C15H21N3O3S2/c1-23(19,20)18(13-5-3-2-4-6-13)10-12-21-11-7-14(22)15-16-8-9-17-15/h2-6,8-9,14,22H,7,10-12H2,1H3,(H,16,17). The Morgan fingerprint density at radius 2 is 2.04 bits per heavy atom. The highest BCUT2D eigenvalue weighted by molar-refractivity contribution is 7.92. The third kappa shape index (κ3) is 5.56. The minimum absolute atomic E-state index is 0.0230. The number of ether oxygens (including phenoxy) is 1. The maximum absolute atomic E-state index is 11.9. The summed E-state index contributed by atoms with van der Waals surface area (Å²) >= 11 is 4.45. The van der Waals surface area contributed by atoms with E-state index in [1.807, 2.05) is 18.2 Å². The van der Waals surface area contributed by atoms with E-state index in [1.54, 1.807) is 24.5 Å². The molecule has 2 rings (SSSR count). The van der Waals surface area contributed by atoms with Crippen LogP contribution >= 0.6 is 12.6 Å². The van der Waals surface area contributed by atoms with Gasteiger partial charge in [-0.15, -0.1) is 0 Å². The van der Waals surface area contributed by atoms with Gasteiger partial charge in [0, 0.05) is 19.0 Å². The molecule has 0 radical (unpaired) electrons. The summed E-state index contributed by atoms with van der Waals surface area (Å²) in [5.41, 5.74) is 0.640. The van der Waals surface area contributed by atoms with Crippen LogP contribution in [-0.4, -0.2) is 44.4 Å². The van der Waals surface area contributed by atoms with Gasteiger partial charge in [-0.25, -0.2) is 13.4 Å². The van der Waals surface area contributed by atoms with Crippen LogP contribution in [0.1, 0.15) is 17.5 Å². The van der Waals surface area contributed by atoms with E-state index < -0.39 is 10.0 Å². The first-order valence-electron chi connectivity index (χ1n) is 7.26. The van der Waals surface area contributed by atoms with Crippen LogP contribution in [0.5, 0.6) is 0 Å². The quantitative estimate of drug-likeness (QED) is 0.534. The summed E-state index contributed by atoms with van der Waals surface area (Å²) < 4.78 is 30.7. The Hall–Kier alpha value is -1.51. The number of thiol groups is 1. The van der Waals surface area contributed by atoms with Crippen molar-refractivity contribution >= 4 is 28.3 Å². The van der Waals surface area contributed by atoms with E-state index in [0.717, 1.165) is 5.82 Å². The number of hydrogen-bond donors (Lipinski definition) is 2. The topological polar surface area (TPSA) is 75.3 Å². The number of nitrogens with one attached hydrogen (secondary N) is 1. The smallest absolute Gasteiger partial charge is 0.232 e. The molecular formula is C15H21N3O3S2. The third-order valence-corrected chi connectivity index (χ3v) is 4.95. The number of anilines is 1. The van der Waals surface area contributed by atoms with Gasteiger partial charge in [-0.2, -0.15) is 12.6 Å². The minimum atomic E-state index is -3.33. The van der Waals surface area contributed by atoms with E-state index in [2.05, 4.69) is 22.6 Å². The van der Waals surface area contributed by atoms with Gasteiger partial charge in [0.1, 0.15) is 5.82 Å². The molecular weight excluding hydrogens is 334 g/mol. The predicted molar refractivity (Wildman–Crippen MR) is 94.4 cm³/mol. The third-order valence-electron chi connectivity index (χ3n) is 3.25. The number of hydrogen-bond acceptors (Lipinski definition) is 5. The molecule has 0 aliphatic rings. The normalized spacial score (nSPS) is 13.0. The number of rotatable bonds is 9. The summed E-state index contributed by atoms with van der Waals surface area (Å²) in [6.07, 6.45) is 5.33. The molecule has 1 heterocycles. The zero-order chi connectivity index (χ0) is 16.7. The van der Waals surface area contributed by atoms with Crippen LogP contribution in [-0.2, 0) is 14.8 Å². The molecule has 0 fully saturated rings. The average molecular weight is 355 g/mol. The van der Waals surface area contributed by atoms with Gasteiger partial charge in [0.2, 0.25) is 10.0 Å². The van der Waals surface area contributed by atoms with E-state index in [0.29, 0.717) is 25.3 Å². The van der Waals surface area contributed by atoms with E-state index >= 15 is 0 Å². The van der Waals surface area contributed by atoms with Crippen LogP contribution in [0, 0.1) is 0 Å². The molecule has 1 aromatic carbocycles. The Bertz CT molecular complexity index is 675. The van der Waals surface area contributed by atoms with Gasteiger partial charge in [0.25, 0.3) is 0 Å². The summed E-state index contributed by atoms with van der Waals surface area (Å²) in [5.74, 6) is 0.805. The first-order valence-corrected chi connectivity index (χ1v) is 9.63. The molecule has 0 bridgehead atoms. The Morgan fingerprint density at radius 1 is 1.30 bits per heavy atom. The van der Waals surface area contributed by atoms with Gasteiger partial charge in [-0.3, -0.25) is 4.31 Å². The molecule has 23 heavy (non-hydrogen) atoms. The van der Waals surface area contributed by atoms with Crippen LogP contribution < -0.4 is 4.31 Å². The Morgan fingerprint density at radius 3 is 2.65 bits per heavy atom. The largest absolute Gasteiger partial charge is 0.380 e. The molecule has 0 aliphatic carbocycles. The highest BCUT2D eigenvalue weighted by Gasteiger charge is 2.16. The van der Waals surface area contributed by atoms with Crippen molar-refractivity contribution in [2.45, 2.75) is 11.7 Å². The lowest BCUT2D eigenvalue weighted by Gasteiger charge is -2.22. The molecule has 126 valence electrons. The lowest BCUT2D eigenvalue weighted by molar-refractivity contribution is 0.139. The second-order valence-electron chi connectivity index (χ2n) is 5.06. The highest BCUT2D eigenvalue weighted by Crippen LogP contribution is 2.20. The van der Waals surface area contributed by atoms with Gasteiger partial charge in [0.05, 0.1) is 30.3 Å². The van der Waals surface area contributed by atoms with E-state index in [1.165, 1.54) is 10.6 Å². The Kier molecular flexibility index (Phi) is 6.49. The first-order chi connectivity index (χ1) is 11.0. The number of imidazole rings is 1. The van der Waals surface area contributed by atoms with Gasteiger partial charge in [-0.1, -0.05) is 18.2 Å². The van der Waals surface area contributed by atoms with E-state index in [9.17, 15) is 8.42 Å². The van der Waals surface area contributed by atoms with Crippen LogP contribution in [0.2, 0.25) is 0 Å². The molecule has 0 amide bonds. The lowest BCUT2D eigenvalue weighted by atomic mass is 10.3. The van der Waals surface area contributed by atoms with Crippen LogP contribution in [0.25, 0.3) is 0 Å². The van der Waals surface area contributed by atoms with Gasteiger partial charge in [-0.05, 0) is 18.6 Å². The van der Waals surface area contributed by atoms with Crippen molar-refractivity contribution in [3.63, 3.8) is 0 Å². The molecule has 8 heteroatoms. The molecule has 2 aromatic rings. The fourth-order valence-corrected chi connectivity index (χ4v) is 3.28. The number of nitrogens with zero attached hydrogens (tertiary/aromatic N) is 2. The summed E-state index contributed by atoms with van der Waals surface area (Å²) in [5, 5.41) is -0.0230. The Balaban J connectivity index is 1.79. The summed E-state index contributed by atoms with van der Waals surface area (Å²) in [6.45, 7) is 1.09. The molecule has 1 atom stereocenters. The minimum Gasteiger partial charge on any atom is -0.380 e. The van der Waals surface area contributed by atoms with Crippen LogP contribution in [0.3, 0.4) is 0 Å². The van der Waals surface area contributed by atoms with Crippen molar-refractivity contribution in [2.24, 2.45) is 0 Å².